The van der Waals surface area contributed by atoms with Gasteiger partial charge in [-0.3, -0.25) is 0 Å². The lowest BCUT2D eigenvalue weighted by atomic mass is 9.84. The van der Waals surface area contributed by atoms with Gasteiger partial charge in [-0.05, 0) is 48.6 Å². The maximum Gasteiger partial charge on any atom is 0.157 e. The number of phenols is 2. The zero-order chi connectivity index (χ0) is 16.7. The van der Waals surface area contributed by atoms with Crippen molar-refractivity contribution in [1.82, 2.24) is 5.32 Å². The van der Waals surface area contributed by atoms with Crippen LogP contribution in [-0.2, 0) is 6.42 Å². The Hall–Kier alpha value is -1.22. The molecule has 23 heavy (non-hydrogen) atoms. The van der Waals surface area contributed by atoms with Crippen LogP contribution in [0.25, 0.3) is 0 Å². The van der Waals surface area contributed by atoms with E-state index in [1.54, 1.807) is 12.1 Å². The van der Waals surface area contributed by atoms with E-state index in [-0.39, 0.29) is 11.5 Å². The quantitative estimate of drug-likeness (QED) is 0.440. The van der Waals surface area contributed by atoms with Crippen molar-refractivity contribution >= 4 is 0 Å². The number of unbranched alkanes of at least 4 members (excludes halogenated alkanes) is 6. The Kier molecular flexibility index (Phi) is 7.22. The molecule has 0 amide bonds. The summed E-state index contributed by atoms with van der Waals surface area (Å²) in [6, 6.07) is 3.78. The highest BCUT2D eigenvalue weighted by Crippen LogP contribution is 2.37. The molecule has 0 spiro atoms. The summed E-state index contributed by atoms with van der Waals surface area (Å²) in [5, 5.41) is 23.1. The second-order valence-electron chi connectivity index (χ2n) is 7.11. The van der Waals surface area contributed by atoms with Gasteiger partial charge in [-0.1, -0.05) is 58.8 Å². The second kappa shape index (κ2) is 9.17. The van der Waals surface area contributed by atoms with Crippen LogP contribution in [0.15, 0.2) is 12.1 Å². The van der Waals surface area contributed by atoms with Crippen LogP contribution in [0.2, 0.25) is 0 Å². The van der Waals surface area contributed by atoms with Crippen molar-refractivity contribution in [3.05, 3.63) is 23.3 Å². The highest BCUT2D eigenvalue weighted by molar-refractivity contribution is 5.47. The fourth-order valence-corrected chi connectivity index (χ4v) is 3.71. The van der Waals surface area contributed by atoms with Gasteiger partial charge in [-0.2, -0.15) is 0 Å². The number of benzene rings is 1. The molecule has 0 aliphatic carbocycles. The minimum atomic E-state index is 0.000532. The molecular formula is C20H33NO2. The first-order valence-corrected chi connectivity index (χ1v) is 9.41. The molecule has 1 aliphatic rings. The summed E-state index contributed by atoms with van der Waals surface area (Å²) in [6.45, 7) is 5.51. The lowest BCUT2D eigenvalue weighted by Crippen LogP contribution is -2.33. The van der Waals surface area contributed by atoms with Crippen molar-refractivity contribution in [3.63, 3.8) is 0 Å². The molecule has 1 aliphatic heterocycles. The van der Waals surface area contributed by atoms with E-state index >= 15 is 0 Å². The molecule has 0 saturated carbocycles. The lowest BCUT2D eigenvalue weighted by Gasteiger charge is -2.32. The Bertz CT molecular complexity index is 487. The van der Waals surface area contributed by atoms with Crippen LogP contribution in [0.4, 0.5) is 0 Å². The Balaban J connectivity index is 1.82. The Morgan fingerprint density at radius 1 is 1.04 bits per heavy atom. The molecule has 3 nitrogen and oxygen atoms in total. The molecule has 0 unspecified atom stereocenters. The predicted octanol–water partition coefficient (Wildman–Crippen LogP) is 5.06. The number of phenolic OH excluding ortho intramolecular Hbond substituents is 2. The van der Waals surface area contributed by atoms with E-state index in [2.05, 4.69) is 19.2 Å². The average molecular weight is 319 g/mol. The number of hydrogen-bond acceptors (Lipinski definition) is 3. The maximum absolute atomic E-state index is 9.81. The molecule has 0 aromatic heterocycles. The zero-order valence-corrected chi connectivity index (χ0v) is 14.8. The third-order valence-electron chi connectivity index (χ3n) is 5.16. The monoisotopic (exact) mass is 319 g/mol. The number of aromatic hydroxyl groups is 2. The van der Waals surface area contributed by atoms with Crippen LogP contribution in [0.3, 0.4) is 0 Å². The molecule has 0 bridgehead atoms. The van der Waals surface area contributed by atoms with Gasteiger partial charge >= 0.3 is 0 Å². The van der Waals surface area contributed by atoms with Crippen LogP contribution in [0, 0.1) is 5.92 Å². The number of nitrogens with one attached hydrogen (secondary N) is 1. The summed E-state index contributed by atoms with van der Waals surface area (Å²) in [5.74, 6) is 0.554. The van der Waals surface area contributed by atoms with E-state index in [1.165, 1.54) is 62.5 Å². The third-order valence-corrected chi connectivity index (χ3v) is 5.16. The molecule has 3 heteroatoms. The van der Waals surface area contributed by atoms with Gasteiger partial charge in [0, 0.05) is 6.04 Å². The Morgan fingerprint density at radius 2 is 1.70 bits per heavy atom. The van der Waals surface area contributed by atoms with E-state index in [0.717, 1.165) is 13.0 Å². The lowest BCUT2D eigenvalue weighted by molar-refractivity contribution is 0.337. The van der Waals surface area contributed by atoms with E-state index in [0.29, 0.717) is 12.0 Å². The minimum Gasteiger partial charge on any atom is -0.504 e. The molecule has 1 aromatic carbocycles. The van der Waals surface area contributed by atoms with Crippen LogP contribution >= 0.6 is 0 Å². The summed E-state index contributed by atoms with van der Waals surface area (Å²) < 4.78 is 0. The zero-order valence-electron chi connectivity index (χ0n) is 14.8. The number of rotatable bonds is 9. The van der Waals surface area contributed by atoms with Crippen LogP contribution in [0.5, 0.6) is 11.5 Å². The summed E-state index contributed by atoms with van der Waals surface area (Å²) in [7, 11) is 0. The molecular weight excluding hydrogens is 286 g/mol. The molecule has 2 atom stereocenters. The molecule has 0 radical (unpaired) electrons. The number of hydrogen-bond donors (Lipinski definition) is 3. The van der Waals surface area contributed by atoms with Crippen molar-refractivity contribution < 1.29 is 10.2 Å². The van der Waals surface area contributed by atoms with Gasteiger partial charge in [0.15, 0.2) is 11.5 Å². The van der Waals surface area contributed by atoms with Crippen molar-refractivity contribution in [2.45, 2.75) is 77.7 Å². The molecule has 2 rings (SSSR count). The molecule has 0 fully saturated rings. The number of fused-ring (bicyclic) bond motifs is 1. The fraction of sp³-hybridized carbons (Fsp3) is 0.700. The van der Waals surface area contributed by atoms with Gasteiger partial charge in [0.25, 0.3) is 0 Å². The van der Waals surface area contributed by atoms with Gasteiger partial charge in [-0.25, -0.2) is 0 Å². The predicted molar refractivity (Wildman–Crippen MR) is 96.0 cm³/mol. The summed E-state index contributed by atoms with van der Waals surface area (Å²) in [5.41, 5.74) is 2.34. The van der Waals surface area contributed by atoms with Crippen LogP contribution < -0.4 is 5.32 Å². The summed E-state index contributed by atoms with van der Waals surface area (Å²) >= 11 is 0. The van der Waals surface area contributed by atoms with Crippen molar-refractivity contribution in [3.8, 4) is 11.5 Å². The molecule has 0 saturated heterocycles. The maximum atomic E-state index is 9.81. The highest BCUT2D eigenvalue weighted by atomic mass is 16.3. The standard InChI is InChI=1S/C20H33NO2/c1-3-4-5-6-7-8-9-10-15(2)20-17-14-19(23)18(22)13-16(17)11-12-21-20/h13-15,20-23H,3-12H2,1-2H3/t15-,20-/m1/s1. The van der Waals surface area contributed by atoms with Crippen LogP contribution in [-0.4, -0.2) is 16.8 Å². The normalized spacial score (nSPS) is 18.6. The van der Waals surface area contributed by atoms with Gasteiger partial charge in [0.05, 0.1) is 0 Å². The van der Waals surface area contributed by atoms with E-state index < -0.39 is 0 Å². The van der Waals surface area contributed by atoms with E-state index in [4.69, 9.17) is 0 Å². The smallest absolute Gasteiger partial charge is 0.157 e. The third kappa shape index (κ3) is 5.13. The SMILES string of the molecule is CCCCCCCCC[C@@H](C)[C@H]1NCCc2cc(O)c(O)cc21. The molecule has 3 N–H and O–H groups in total. The second-order valence-corrected chi connectivity index (χ2v) is 7.11. The van der Waals surface area contributed by atoms with Crippen molar-refractivity contribution in [2.75, 3.05) is 6.54 Å². The first-order chi connectivity index (χ1) is 11.1. The van der Waals surface area contributed by atoms with Gasteiger partial charge in [0.1, 0.15) is 0 Å². The summed E-state index contributed by atoms with van der Waals surface area (Å²) in [6.07, 6.45) is 11.5. The highest BCUT2D eigenvalue weighted by Gasteiger charge is 2.25. The first-order valence-electron chi connectivity index (χ1n) is 9.41. The largest absolute Gasteiger partial charge is 0.504 e. The Labute approximate surface area is 141 Å². The Morgan fingerprint density at radius 3 is 2.43 bits per heavy atom. The van der Waals surface area contributed by atoms with Gasteiger partial charge < -0.3 is 15.5 Å². The van der Waals surface area contributed by atoms with Gasteiger partial charge in [0.2, 0.25) is 0 Å². The molecule has 1 aromatic rings. The van der Waals surface area contributed by atoms with E-state index in [9.17, 15) is 10.2 Å². The first kappa shape index (κ1) is 18.1. The van der Waals surface area contributed by atoms with Crippen molar-refractivity contribution in [1.29, 1.82) is 0 Å². The topological polar surface area (TPSA) is 52.5 Å². The minimum absolute atomic E-state index is 0.000532. The van der Waals surface area contributed by atoms with Gasteiger partial charge in [-0.15, -0.1) is 0 Å². The van der Waals surface area contributed by atoms with Crippen molar-refractivity contribution in [2.24, 2.45) is 5.92 Å². The molecule has 1 heterocycles. The van der Waals surface area contributed by atoms with Crippen LogP contribution in [0.1, 0.15) is 82.4 Å². The van der Waals surface area contributed by atoms with E-state index in [1.807, 2.05) is 0 Å². The molecule has 130 valence electrons. The average Bonchev–Trinajstić information content (AvgIpc) is 2.54. The fourth-order valence-electron chi connectivity index (χ4n) is 3.71. The summed E-state index contributed by atoms with van der Waals surface area (Å²) in [4.78, 5) is 0.